The van der Waals surface area contributed by atoms with Crippen LogP contribution < -0.4 is 4.74 Å². The minimum atomic E-state index is -4.48. The van der Waals surface area contributed by atoms with Gasteiger partial charge in [0.1, 0.15) is 11.5 Å². The largest absolute Gasteiger partial charge is 0.457 e. The number of halogens is 3. The van der Waals surface area contributed by atoms with Crippen LogP contribution in [0.25, 0.3) is 22.3 Å². The first-order valence-corrected chi connectivity index (χ1v) is 13.6. The van der Waals surface area contributed by atoms with Gasteiger partial charge in [-0.25, -0.2) is 8.42 Å². The fourth-order valence-corrected chi connectivity index (χ4v) is 5.45. The molecule has 0 spiro atoms. The lowest BCUT2D eigenvalue weighted by Gasteiger charge is -2.23. The van der Waals surface area contributed by atoms with Gasteiger partial charge in [-0.3, -0.25) is 9.78 Å². The maximum Gasteiger partial charge on any atom is 0.417 e. The number of rotatable bonds is 6. The lowest BCUT2D eigenvalue weighted by Crippen LogP contribution is -2.22. The van der Waals surface area contributed by atoms with E-state index in [1.165, 1.54) is 18.2 Å². The van der Waals surface area contributed by atoms with Crippen LogP contribution in [0.3, 0.4) is 0 Å². The van der Waals surface area contributed by atoms with Crippen LogP contribution in [-0.2, 0) is 20.8 Å². The highest BCUT2D eigenvalue weighted by atomic mass is 32.2. The summed E-state index contributed by atoms with van der Waals surface area (Å²) >= 11 is 0. The van der Waals surface area contributed by atoms with Gasteiger partial charge < -0.3 is 14.6 Å². The van der Waals surface area contributed by atoms with Crippen LogP contribution in [0.4, 0.5) is 13.2 Å². The number of benzene rings is 2. The number of fused-ring (bicyclic) bond motifs is 1. The molecule has 0 aliphatic carbocycles. The van der Waals surface area contributed by atoms with Crippen LogP contribution in [0.15, 0.2) is 65.7 Å². The summed E-state index contributed by atoms with van der Waals surface area (Å²) in [5.41, 5.74) is 1.51. The van der Waals surface area contributed by atoms with Gasteiger partial charge in [-0.1, -0.05) is 6.92 Å². The first-order valence-electron chi connectivity index (χ1n) is 11.9. The molecule has 1 N–H and O–H groups in total. The molecular formula is C27H24F3N3O4S. The molecular weight excluding hydrogens is 519 g/mol. The van der Waals surface area contributed by atoms with Gasteiger partial charge >= 0.3 is 6.18 Å². The number of carbonyl (C=O) groups excluding carboxylic acids is 1. The smallest absolute Gasteiger partial charge is 0.417 e. The Morgan fingerprint density at radius 3 is 2.42 bits per heavy atom. The molecule has 11 heteroatoms. The van der Waals surface area contributed by atoms with Crippen LogP contribution in [0.1, 0.15) is 36.9 Å². The fourth-order valence-electron chi connectivity index (χ4n) is 4.56. The van der Waals surface area contributed by atoms with Gasteiger partial charge in [0.25, 0.3) is 0 Å². The van der Waals surface area contributed by atoms with Crippen LogP contribution in [0, 0.1) is 0 Å². The summed E-state index contributed by atoms with van der Waals surface area (Å²) in [4.78, 5) is 21.3. The van der Waals surface area contributed by atoms with Crippen molar-refractivity contribution in [1.29, 1.82) is 0 Å². The van der Waals surface area contributed by atoms with Crippen molar-refractivity contribution in [2.75, 3.05) is 12.8 Å². The molecule has 0 radical (unpaired) electrons. The van der Waals surface area contributed by atoms with Gasteiger partial charge in [-0.2, -0.15) is 13.2 Å². The zero-order chi connectivity index (χ0) is 27.2. The Balaban J connectivity index is 1.54. The number of likely N-dealkylation sites (tertiary alicyclic amines) is 1. The Hall–Kier alpha value is -3.86. The number of nitrogens with zero attached hydrogens (tertiary/aromatic N) is 2. The number of nitrogens with one attached hydrogen (secondary N) is 1. The van der Waals surface area contributed by atoms with Gasteiger partial charge in [-0.05, 0) is 61.0 Å². The topological polar surface area (TPSA) is 92.4 Å². The Bertz CT molecular complexity index is 1610. The molecule has 1 aliphatic rings. The van der Waals surface area contributed by atoms with Gasteiger partial charge in [-0.15, -0.1) is 0 Å². The lowest BCUT2D eigenvalue weighted by atomic mass is 10.0. The summed E-state index contributed by atoms with van der Waals surface area (Å²) in [6.45, 7) is 1.58. The van der Waals surface area contributed by atoms with E-state index in [1.807, 2.05) is 6.07 Å². The SMILES string of the molecule is CCS(=O)(=O)c1ccc(Oc2cc3cc(-c4ccc(C(F)(F)F)cn4)[nH]c3cc2C2CCC(=O)N2C)cc1. The summed E-state index contributed by atoms with van der Waals surface area (Å²) in [6.07, 6.45) is -2.69. The second-order valence-electron chi connectivity index (χ2n) is 9.13. The quantitative estimate of drug-likeness (QED) is 0.316. The summed E-state index contributed by atoms with van der Waals surface area (Å²) in [6, 6.07) is 13.6. The number of pyridine rings is 1. The molecule has 0 bridgehead atoms. The summed E-state index contributed by atoms with van der Waals surface area (Å²) in [5, 5.41) is 0.734. The maximum absolute atomic E-state index is 12.9. The first kappa shape index (κ1) is 25.8. The molecule has 1 saturated heterocycles. The molecule has 3 heterocycles. The third-order valence-electron chi connectivity index (χ3n) is 6.76. The number of carbonyl (C=O) groups is 1. The highest BCUT2D eigenvalue weighted by Crippen LogP contribution is 2.41. The van der Waals surface area contributed by atoms with E-state index in [2.05, 4.69) is 9.97 Å². The lowest BCUT2D eigenvalue weighted by molar-refractivity contribution is -0.137. The van der Waals surface area contributed by atoms with E-state index in [-0.39, 0.29) is 22.6 Å². The number of H-pyrrole nitrogens is 1. The van der Waals surface area contributed by atoms with E-state index in [4.69, 9.17) is 4.74 Å². The number of hydrogen-bond donors (Lipinski definition) is 1. The summed E-state index contributed by atoms with van der Waals surface area (Å²) in [7, 11) is -1.63. The minimum Gasteiger partial charge on any atom is -0.457 e. The van der Waals surface area contributed by atoms with Crippen molar-refractivity contribution in [2.45, 2.75) is 36.9 Å². The van der Waals surface area contributed by atoms with Crippen LogP contribution in [0.2, 0.25) is 0 Å². The molecule has 1 aliphatic heterocycles. The van der Waals surface area contributed by atoms with Crippen molar-refractivity contribution in [1.82, 2.24) is 14.9 Å². The van der Waals surface area contributed by atoms with Crippen molar-refractivity contribution in [3.05, 3.63) is 71.9 Å². The first-order chi connectivity index (χ1) is 18.0. The van der Waals surface area contributed by atoms with Crippen molar-refractivity contribution in [2.24, 2.45) is 0 Å². The normalized spacial score (nSPS) is 16.4. The summed E-state index contributed by atoms with van der Waals surface area (Å²) < 4.78 is 69.3. The molecule has 0 saturated carbocycles. The number of hydrogen-bond acceptors (Lipinski definition) is 5. The van der Waals surface area contributed by atoms with E-state index in [9.17, 15) is 26.4 Å². The van der Waals surface area contributed by atoms with Gasteiger partial charge in [0.05, 0.1) is 33.6 Å². The number of ether oxygens (including phenoxy) is 1. The van der Waals surface area contributed by atoms with Crippen LogP contribution in [0.5, 0.6) is 11.5 Å². The number of alkyl halides is 3. The van der Waals surface area contributed by atoms with Gasteiger partial charge in [0, 0.05) is 36.1 Å². The zero-order valence-electron chi connectivity index (χ0n) is 20.5. The van der Waals surface area contributed by atoms with E-state index >= 15 is 0 Å². The van der Waals surface area contributed by atoms with Crippen LogP contribution >= 0.6 is 0 Å². The minimum absolute atomic E-state index is 0.0105. The molecule has 1 atom stereocenters. The predicted octanol–water partition coefficient (Wildman–Crippen LogP) is 6.13. The summed E-state index contributed by atoms with van der Waals surface area (Å²) in [5.74, 6) is 0.907. The Kier molecular flexibility index (Phi) is 6.42. The number of aromatic amines is 1. The Morgan fingerprint density at radius 1 is 1.11 bits per heavy atom. The highest BCUT2D eigenvalue weighted by molar-refractivity contribution is 7.91. The van der Waals surface area contributed by atoms with Gasteiger partial charge in [0.15, 0.2) is 9.84 Å². The molecule has 2 aromatic heterocycles. The molecule has 4 aromatic rings. The molecule has 198 valence electrons. The van der Waals surface area contributed by atoms with E-state index < -0.39 is 21.6 Å². The molecule has 1 amide bonds. The fraction of sp³-hybridized carbons (Fsp3) is 0.259. The third kappa shape index (κ3) is 4.85. The molecule has 1 unspecified atom stereocenters. The second kappa shape index (κ2) is 9.46. The third-order valence-corrected chi connectivity index (χ3v) is 8.51. The Labute approximate surface area is 217 Å². The average Bonchev–Trinajstić information content (AvgIpc) is 3.46. The average molecular weight is 544 g/mol. The Morgan fingerprint density at radius 2 is 1.84 bits per heavy atom. The van der Waals surface area contributed by atoms with Crippen molar-refractivity contribution in [3.63, 3.8) is 0 Å². The standard InChI is InChI=1S/C27H24F3N3O4S/c1-3-38(35,36)19-7-5-18(6-8-19)37-25-13-16-12-23(21-9-4-17(15-31-21)27(28,29)30)32-22(16)14-20(25)24-10-11-26(34)33(24)2/h4-9,12-15,24,32H,3,10-11H2,1-2H3. The van der Waals surface area contributed by atoms with E-state index in [1.54, 1.807) is 43.1 Å². The highest BCUT2D eigenvalue weighted by Gasteiger charge is 2.32. The van der Waals surface area contributed by atoms with Crippen molar-refractivity contribution in [3.8, 4) is 22.9 Å². The van der Waals surface area contributed by atoms with Crippen molar-refractivity contribution >= 4 is 26.6 Å². The number of aromatic nitrogens is 2. The van der Waals surface area contributed by atoms with Gasteiger partial charge in [0.2, 0.25) is 5.91 Å². The number of amides is 1. The molecule has 7 nitrogen and oxygen atoms in total. The predicted molar refractivity (Wildman–Crippen MR) is 136 cm³/mol. The molecule has 38 heavy (non-hydrogen) atoms. The number of sulfone groups is 1. The molecule has 2 aromatic carbocycles. The second-order valence-corrected chi connectivity index (χ2v) is 11.4. The zero-order valence-corrected chi connectivity index (χ0v) is 21.4. The van der Waals surface area contributed by atoms with E-state index in [0.29, 0.717) is 41.2 Å². The monoisotopic (exact) mass is 543 g/mol. The van der Waals surface area contributed by atoms with Crippen molar-refractivity contribution < 1.29 is 31.1 Å². The molecule has 1 fully saturated rings. The van der Waals surface area contributed by atoms with E-state index in [0.717, 1.165) is 23.2 Å². The molecule has 5 rings (SSSR count). The maximum atomic E-state index is 12.9. The van der Waals surface area contributed by atoms with Crippen LogP contribution in [-0.4, -0.2) is 42.0 Å².